The van der Waals surface area contributed by atoms with Gasteiger partial charge >= 0.3 is 0 Å². The van der Waals surface area contributed by atoms with Crippen LogP contribution in [0.15, 0.2) is 16.6 Å². The van der Waals surface area contributed by atoms with E-state index in [4.69, 9.17) is 5.26 Å². The molecule has 84 valence electrons. The summed E-state index contributed by atoms with van der Waals surface area (Å²) in [7, 11) is 0. The summed E-state index contributed by atoms with van der Waals surface area (Å²) in [5, 5.41) is 22.3. The van der Waals surface area contributed by atoms with Crippen LogP contribution in [0.2, 0.25) is 0 Å². The van der Waals surface area contributed by atoms with Crippen LogP contribution in [0.25, 0.3) is 0 Å². The Morgan fingerprint density at radius 3 is 2.88 bits per heavy atom. The van der Waals surface area contributed by atoms with Crippen LogP contribution in [0.3, 0.4) is 0 Å². The molecule has 1 aliphatic heterocycles. The quantitative estimate of drug-likeness (QED) is 0.832. The largest absolute Gasteiger partial charge is 0.506 e. The topological polar surface area (TPSA) is 56.0 Å². The fourth-order valence-electron chi connectivity index (χ4n) is 2.10. The molecule has 3 nitrogen and oxygen atoms in total. The normalized spacial score (nSPS) is 20.4. The maximum Gasteiger partial charge on any atom is 0.139 e. The van der Waals surface area contributed by atoms with Crippen molar-refractivity contribution in [3.8, 4) is 11.8 Å². The highest BCUT2D eigenvalue weighted by atomic mass is 79.9. The number of rotatable bonds is 1. The van der Waals surface area contributed by atoms with E-state index >= 15 is 0 Å². The maximum absolute atomic E-state index is 10.0. The number of nitrogens with zero attached hydrogens (tertiary/aromatic N) is 1. The Balaban J connectivity index is 2.42. The first-order chi connectivity index (χ1) is 7.74. The predicted octanol–water partition coefficient (Wildman–Crippen LogP) is 2.84. The number of hydrogen-bond donors (Lipinski definition) is 2. The third-order valence-electron chi connectivity index (χ3n) is 2.94. The van der Waals surface area contributed by atoms with Gasteiger partial charge in [0.2, 0.25) is 0 Å². The van der Waals surface area contributed by atoms with E-state index in [1.807, 2.05) is 12.1 Å². The Bertz CT molecular complexity index is 433. The molecule has 0 saturated carbocycles. The van der Waals surface area contributed by atoms with E-state index in [9.17, 15) is 5.11 Å². The molecule has 0 radical (unpaired) electrons. The molecule has 0 unspecified atom stereocenters. The van der Waals surface area contributed by atoms with Crippen LogP contribution in [0.1, 0.15) is 36.4 Å². The van der Waals surface area contributed by atoms with E-state index < -0.39 is 0 Å². The Kier molecular flexibility index (Phi) is 3.47. The van der Waals surface area contributed by atoms with Crippen molar-refractivity contribution in [2.24, 2.45) is 0 Å². The lowest BCUT2D eigenvalue weighted by Crippen LogP contribution is -2.27. The zero-order valence-corrected chi connectivity index (χ0v) is 10.4. The Labute approximate surface area is 103 Å². The number of phenolic OH excluding ortho intramolecular Hbond substituents is 1. The number of phenols is 1. The van der Waals surface area contributed by atoms with Crippen LogP contribution in [0, 0.1) is 11.3 Å². The molecule has 1 saturated heterocycles. The molecule has 0 bridgehead atoms. The van der Waals surface area contributed by atoms with E-state index in [0.717, 1.165) is 29.4 Å². The molecule has 0 aliphatic carbocycles. The SMILES string of the molecule is N#Cc1ccc(Br)c([C@H]2CCCCN2)c1O. The molecular formula is C12H13BrN2O. The zero-order valence-electron chi connectivity index (χ0n) is 8.83. The van der Waals surface area contributed by atoms with Gasteiger partial charge in [-0.15, -0.1) is 0 Å². The van der Waals surface area contributed by atoms with E-state index in [2.05, 4.69) is 21.2 Å². The molecule has 0 amide bonds. The summed E-state index contributed by atoms with van der Waals surface area (Å²) in [5.41, 5.74) is 1.16. The van der Waals surface area contributed by atoms with E-state index in [1.54, 1.807) is 6.07 Å². The second-order valence-corrected chi connectivity index (χ2v) is 4.83. The third-order valence-corrected chi connectivity index (χ3v) is 3.63. The second-order valence-electron chi connectivity index (χ2n) is 3.97. The van der Waals surface area contributed by atoms with Crippen molar-refractivity contribution in [1.82, 2.24) is 5.32 Å². The molecule has 2 rings (SSSR count). The van der Waals surface area contributed by atoms with Crippen molar-refractivity contribution in [2.45, 2.75) is 25.3 Å². The average molecular weight is 281 g/mol. The molecule has 2 N–H and O–H groups in total. The van der Waals surface area contributed by atoms with Gasteiger partial charge in [0.15, 0.2) is 0 Å². The van der Waals surface area contributed by atoms with Gasteiger partial charge in [-0.25, -0.2) is 0 Å². The van der Waals surface area contributed by atoms with Crippen LogP contribution >= 0.6 is 15.9 Å². The lowest BCUT2D eigenvalue weighted by atomic mass is 9.95. The molecule has 0 spiro atoms. The van der Waals surface area contributed by atoms with Gasteiger partial charge in [0.1, 0.15) is 11.8 Å². The fraction of sp³-hybridized carbons (Fsp3) is 0.417. The van der Waals surface area contributed by atoms with Crippen molar-refractivity contribution < 1.29 is 5.11 Å². The van der Waals surface area contributed by atoms with Crippen molar-refractivity contribution >= 4 is 15.9 Å². The second kappa shape index (κ2) is 4.86. The predicted molar refractivity (Wildman–Crippen MR) is 65.1 cm³/mol. The smallest absolute Gasteiger partial charge is 0.139 e. The molecule has 1 atom stereocenters. The monoisotopic (exact) mass is 280 g/mol. The fourth-order valence-corrected chi connectivity index (χ4v) is 2.70. The van der Waals surface area contributed by atoms with Gasteiger partial charge in [-0.3, -0.25) is 0 Å². The van der Waals surface area contributed by atoms with Gasteiger partial charge < -0.3 is 10.4 Å². The molecule has 4 heteroatoms. The Morgan fingerprint density at radius 2 is 2.25 bits per heavy atom. The van der Waals surface area contributed by atoms with Gasteiger partial charge in [0.25, 0.3) is 0 Å². The molecule has 1 heterocycles. The first-order valence-corrected chi connectivity index (χ1v) is 6.18. The highest BCUT2D eigenvalue weighted by molar-refractivity contribution is 9.10. The Hall–Kier alpha value is -1.05. The number of piperidine rings is 1. The van der Waals surface area contributed by atoms with Gasteiger partial charge in [-0.05, 0) is 31.5 Å². The van der Waals surface area contributed by atoms with E-state index in [-0.39, 0.29) is 11.8 Å². The zero-order chi connectivity index (χ0) is 11.5. The summed E-state index contributed by atoms with van der Waals surface area (Å²) in [5.74, 6) is 0.108. The molecule has 1 aromatic rings. The maximum atomic E-state index is 10.0. The molecular weight excluding hydrogens is 268 g/mol. The summed E-state index contributed by atoms with van der Waals surface area (Å²) < 4.78 is 0.864. The molecule has 0 aromatic heterocycles. The van der Waals surface area contributed by atoms with Crippen LogP contribution in [-0.2, 0) is 0 Å². The molecule has 1 fully saturated rings. The summed E-state index contributed by atoms with van der Waals surface area (Å²) >= 11 is 3.44. The summed E-state index contributed by atoms with van der Waals surface area (Å²) in [6, 6.07) is 5.61. The minimum Gasteiger partial charge on any atom is -0.506 e. The summed E-state index contributed by atoms with van der Waals surface area (Å²) in [6.07, 6.45) is 3.33. The van der Waals surface area contributed by atoms with Crippen molar-refractivity contribution in [2.75, 3.05) is 6.54 Å². The number of benzene rings is 1. The molecule has 1 aliphatic rings. The number of halogens is 1. The first-order valence-electron chi connectivity index (χ1n) is 5.39. The highest BCUT2D eigenvalue weighted by Gasteiger charge is 2.22. The van der Waals surface area contributed by atoms with Crippen LogP contribution in [0.5, 0.6) is 5.75 Å². The van der Waals surface area contributed by atoms with Crippen LogP contribution in [0.4, 0.5) is 0 Å². The first kappa shape index (κ1) is 11.4. The number of hydrogen-bond acceptors (Lipinski definition) is 3. The van der Waals surface area contributed by atoms with Crippen LogP contribution in [-0.4, -0.2) is 11.7 Å². The molecule has 16 heavy (non-hydrogen) atoms. The lowest BCUT2D eigenvalue weighted by molar-refractivity contribution is 0.389. The van der Waals surface area contributed by atoms with E-state index in [1.165, 1.54) is 6.42 Å². The van der Waals surface area contributed by atoms with Crippen molar-refractivity contribution in [1.29, 1.82) is 5.26 Å². The minimum absolute atomic E-state index is 0.108. The van der Waals surface area contributed by atoms with Gasteiger partial charge in [0, 0.05) is 16.1 Å². The van der Waals surface area contributed by atoms with Gasteiger partial charge in [-0.1, -0.05) is 22.4 Å². The van der Waals surface area contributed by atoms with Crippen molar-refractivity contribution in [3.63, 3.8) is 0 Å². The Morgan fingerprint density at radius 1 is 1.44 bits per heavy atom. The number of aromatic hydroxyl groups is 1. The molecule has 1 aromatic carbocycles. The number of nitriles is 1. The summed E-state index contributed by atoms with van der Waals surface area (Å²) in [6.45, 7) is 0.966. The highest BCUT2D eigenvalue weighted by Crippen LogP contribution is 2.37. The van der Waals surface area contributed by atoms with Crippen LogP contribution < -0.4 is 5.32 Å². The lowest BCUT2D eigenvalue weighted by Gasteiger charge is -2.25. The van der Waals surface area contributed by atoms with Gasteiger partial charge in [-0.2, -0.15) is 5.26 Å². The summed E-state index contributed by atoms with van der Waals surface area (Å²) in [4.78, 5) is 0. The van der Waals surface area contributed by atoms with Crippen molar-refractivity contribution in [3.05, 3.63) is 27.7 Å². The average Bonchev–Trinajstić information content (AvgIpc) is 2.31. The van der Waals surface area contributed by atoms with E-state index in [0.29, 0.717) is 5.56 Å². The van der Waals surface area contributed by atoms with Gasteiger partial charge in [0.05, 0.1) is 5.56 Å². The third kappa shape index (κ3) is 2.06. The number of nitrogens with one attached hydrogen (secondary N) is 1. The minimum atomic E-state index is 0.108. The standard InChI is InChI=1S/C12H13BrN2O/c13-9-5-4-8(7-14)12(16)11(9)10-3-1-2-6-15-10/h4-5,10,15-16H,1-3,6H2/t10-/m1/s1.